The number of fused-ring (bicyclic) bond motifs is 1. The zero-order valence-electron chi connectivity index (χ0n) is 12.4. The van der Waals surface area contributed by atoms with Crippen LogP contribution in [0.4, 0.5) is 0 Å². The second kappa shape index (κ2) is 5.26. The van der Waals surface area contributed by atoms with Gasteiger partial charge in [-0.25, -0.2) is 0 Å². The van der Waals surface area contributed by atoms with Crippen molar-refractivity contribution in [2.45, 2.75) is 51.2 Å². The van der Waals surface area contributed by atoms with E-state index in [4.69, 9.17) is 0 Å². The summed E-state index contributed by atoms with van der Waals surface area (Å²) < 4.78 is 0. The van der Waals surface area contributed by atoms with E-state index < -0.39 is 0 Å². The second-order valence-electron chi connectivity index (χ2n) is 6.65. The summed E-state index contributed by atoms with van der Waals surface area (Å²) in [5, 5.41) is 3.94. The van der Waals surface area contributed by atoms with Gasteiger partial charge in [-0.15, -0.1) is 0 Å². The van der Waals surface area contributed by atoms with Gasteiger partial charge in [-0.1, -0.05) is 31.2 Å². The molecule has 0 aromatic heterocycles. The Hall–Kier alpha value is -0.860. The van der Waals surface area contributed by atoms with E-state index in [1.807, 2.05) is 0 Å². The lowest BCUT2D eigenvalue weighted by molar-refractivity contribution is 0.116. The van der Waals surface area contributed by atoms with Crippen LogP contribution >= 0.6 is 0 Å². The van der Waals surface area contributed by atoms with Gasteiger partial charge in [-0.3, -0.25) is 0 Å². The van der Waals surface area contributed by atoms with E-state index in [9.17, 15) is 0 Å². The Balaban J connectivity index is 1.61. The molecule has 1 aliphatic heterocycles. The molecule has 0 saturated carbocycles. The van der Waals surface area contributed by atoms with E-state index in [2.05, 4.69) is 55.4 Å². The lowest BCUT2D eigenvalue weighted by Crippen LogP contribution is -2.53. The molecule has 3 unspecified atom stereocenters. The summed E-state index contributed by atoms with van der Waals surface area (Å²) >= 11 is 0. The average molecular weight is 258 g/mol. The summed E-state index contributed by atoms with van der Waals surface area (Å²) in [5.41, 5.74) is 3.10. The monoisotopic (exact) mass is 258 g/mol. The Bertz CT molecular complexity index is 418. The molecule has 1 heterocycles. The fourth-order valence-electron chi connectivity index (χ4n) is 3.75. The van der Waals surface area contributed by atoms with Gasteiger partial charge in [-0.05, 0) is 50.3 Å². The zero-order valence-corrected chi connectivity index (χ0v) is 12.4. The number of rotatable bonds is 2. The van der Waals surface area contributed by atoms with Crippen LogP contribution in [0.2, 0.25) is 0 Å². The molecule has 3 atom stereocenters. The summed E-state index contributed by atoms with van der Waals surface area (Å²) in [7, 11) is 2.25. The lowest BCUT2D eigenvalue weighted by atomic mass is 9.89. The first kappa shape index (κ1) is 13.1. The first-order chi connectivity index (χ1) is 9.13. The third kappa shape index (κ3) is 2.70. The van der Waals surface area contributed by atoms with Crippen LogP contribution in [0, 0.1) is 5.92 Å². The van der Waals surface area contributed by atoms with Crippen molar-refractivity contribution in [1.82, 2.24) is 10.2 Å². The number of hydrogen-bond donors (Lipinski definition) is 1. The summed E-state index contributed by atoms with van der Waals surface area (Å²) in [4.78, 5) is 2.49. The SMILES string of the molecule is CC1CN(C)C(C)CC1NC1Cc2ccccc2C1. The van der Waals surface area contributed by atoms with Crippen LogP contribution in [-0.4, -0.2) is 36.6 Å². The molecule has 3 rings (SSSR count). The second-order valence-corrected chi connectivity index (χ2v) is 6.65. The number of piperidine rings is 1. The third-order valence-electron chi connectivity index (χ3n) is 5.11. The van der Waals surface area contributed by atoms with Gasteiger partial charge in [0.25, 0.3) is 0 Å². The van der Waals surface area contributed by atoms with E-state index in [0.29, 0.717) is 18.1 Å². The Morgan fingerprint density at radius 2 is 1.74 bits per heavy atom. The van der Waals surface area contributed by atoms with Crippen molar-refractivity contribution in [1.29, 1.82) is 0 Å². The van der Waals surface area contributed by atoms with Gasteiger partial charge in [0.1, 0.15) is 0 Å². The molecule has 2 aliphatic rings. The number of benzene rings is 1. The van der Waals surface area contributed by atoms with E-state index in [1.54, 1.807) is 11.1 Å². The fraction of sp³-hybridized carbons (Fsp3) is 0.647. The fourth-order valence-corrected chi connectivity index (χ4v) is 3.75. The first-order valence-corrected chi connectivity index (χ1v) is 7.66. The van der Waals surface area contributed by atoms with E-state index in [1.165, 1.54) is 25.8 Å². The molecule has 104 valence electrons. The van der Waals surface area contributed by atoms with Crippen molar-refractivity contribution in [3.8, 4) is 0 Å². The Morgan fingerprint density at radius 3 is 2.37 bits per heavy atom. The smallest absolute Gasteiger partial charge is 0.0151 e. The van der Waals surface area contributed by atoms with Crippen molar-refractivity contribution in [3.05, 3.63) is 35.4 Å². The van der Waals surface area contributed by atoms with E-state index >= 15 is 0 Å². The molecule has 19 heavy (non-hydrogen) atoms. The number of hydrogen-bond acceptors (Lipinski definition) is 2. The average Bonchev–Trinajstić information content (AvgIpc) is 2.78. The zero-order chi connectivity index (χ0) is 13.4. The molecule has 1 aromatic carbocycles. The van der Waals surface area contributed by atoms with Gasteiger partial charge in [0.15, 0.2) is 0 Å². The maximum Gasteiger partial charge on any atom is 0.0151 e. The van der Waals surface area contributed by atoms with Crippen LogP contribution in [0.5, 0.6) is 0 Å². The van der Waals surface area contributed by atoms with Gasteiger partial charge in [-0.2, -0.15) is 0 Å². The number of nitrogens with one attached hydrogen (secondary N) is 1. The van der Waals surface area contributed by atoms with Gasteiger partial charge in [0.2, 0.25) is 0 Å². The molecule has 0 amide bonds. The van der Waals surface area contributed by atoms with Crippen molar-refractivity contribution >= 4 is 0 Å². The highest BCUT2D eigenvalue weighted by atomic mass is 15.2. The molecule has 0 spiro atoms. The number of likely N-dealkylation sites (tertiary alicyclic amines) is 1. The minimum Gasteiger partial charge on any atom is -0.310 e. The van der Waals surface area contributed by atoms with Crippen LogP contribution in [0.3, 0.4) is 0 Å². The largest absolute Gasteiger partial charge is 0.310 e. The summed E-state index contributed by atoms with van der Waals surface area (Å²) in [5.74, 6) is 0.755. The predicted molar refractivity (Wildman–Crippen MR) is 80.4 cm³/mol. The van der Waals surface area contributed by atoms with Gasteiger partial charge in [0.05, 0.1) is 0 Å². The quantitative estimate of drug-likeness (QED) is 0.876. The molecular formula is C17H26N2. The normalized spacial score (nSPS) is 32.5. The van der Waals surface area contributed by atoms with Crippen molar-refractivity contribution < 1.29 is 0 Å². The van der Waals surface area contributed by atoms with Crippen LogP contribution in [-0.2, 0) is 12.8 Å². The maximum absolute atomic E-state index is 3.94. The van der Waals surface area contributed by atoms with Crippen LogP contribution in [0.1, 0.15) is 31.4 Å². The van der Waals surface area contributed by atoms with Crippen LogP contribution in [0.15, 0.2) is 24.3 Å². The predicted octanol–water partition coefficient (Wildman–Crippen LogP) is 2.47. The molecule has 0 radical (unpaired) electrons. The Labute approximate surface area is 117 Å². The van der Waals surface area contributed by atoms with Gasteiger partial charge in [0, 0.05) is 24.7 Å². The molecule has 0 bridgehead atoms. The maximum atomic E-state index is 3.94. The Morgan fingerprint density at radius 1 is 1.11 bits per heavy atom. The highest BCUT2D eigenvalue weighted by Crippen LogP contribution is 2.26. The molecule has 1 fully saturated rings. The Kier molecular flexibility index (Phi) is 3.64. The first-order valence-electron chi connectivity index (χ1n) is 7.66. The summed E-state index contributed by atoms with van der Waals surface area (Å²) in [6, 6.07) is 11.0. The molecule has 1 saturated heterocycles. The van der Waals surface area contributed by atoms with Crippen LogP contribution < -0.4 is 5.32 Å². The summed E-state index contributed by atoms with van der Waals surface area (Å²) in [6.45, 7) is 5.96. The van der Waals surface area contributed by atoms with E-state index in [0.717, 1.165) is 5.92 Å². The minimum atomic E-state index is 0.653. The molecule has 1 aliphatic carbocycles. The topological polar surface area (TPSA) is 15.3 Å². The molecular weight excluding hydrogens is 232 g/mol. The van der Waals surface area contributed by atoms with Crippen LogP contribution in [0.25, 0.3) is 0 Å². The standard InChI is InChI=1S/C17H26N2/c1-12-11-19(3)13(2)8-17(12)18-16-9-14-6-4-5-7-15(14)10-16/h4-7,12-13,16-18H,8-11H2,1-3H3. The van der Waals surface area contributed by atoms with Crippen molar-refractivity contribution in [2.24, 2.45) is 5.92 Å². The summed E-state index contributed by atoms with van der Waals surface area (Å²) in [6.07, 6.45) is 3.71. The number of nitrogens with zero attached hydrogens (tertiary/aromatic N) is 1. The molecule has 1 aromatic rings. The molecule has 1 N–H and O–H groups in total. The molecule has 2 nitrogen and oxygen atoms in total. The third-order valence-corrected chi connectivity index (χ3v) is 5.11. The van der Waals surface area contributed by atoms with Gasteiger partial charge < -0.3 is 10.2 Å². The highest BCUT2D eigenvalue weighted by Gasteiger charge is 2.31. The minimum absolute atomic E-state index is 0.653. The van der Waals surface area contributed by atoms with E-state index in [-0.39, 0.29) is 0 Å². The van der Waals surface area contributed by atoms with Crippen molar-refractivity contribution in [3.63, 3.8) is 0 Å². The van der Waals surface area contributed by atoms with Gasteiger partial charge >= 0.3 is 0 Å². The lowest BCUT2D eigenvalue weighted by Gasteiger charge is -2.41. The molecule has 2 heteroatoms. The van der Waals surface area contributed by atoms with Crippen molar-refractivity contribution in [2.75, 3.05) is 13.6 Å². The highest BCUT2D eigenvalue weighted by molar-refractivity contribution is 5.33.